The number of alkyl halides is 4. The second-order valence-corrected chi connectivity index (χ2v) is 5.39. The quantitative estimate of drug-likeness (QED) is 0.594. The van der Waals surface area contributed by atoms with Crippen LogP contribution in [0.1, 0.15) is 5.56 Å². The molecule has 0 aromatic heterocycles. The summed E-state index contributed by atoms with van der Waals surface area (Å²) in [5.41, 5.74) is 0.867. The van der Waals surface area contributed by atoms with Crippen LogP contribution in [0.25, 0.3) is 0 Å². The Hall–Kier alpha value is -3.17. The highest BCUT2D eigenvalue weighted by atomic mass is 19.3. The summed E-state index contributed by atoms with van der Waals surface area (Å²) in [7, 11) is 1.54. The van der Waals surface area contributed by atoms with Crippen molar-refractivity contribution < 1.29 is 36.6 Å². The highest BCUT2D eigenvalue weighted by molar-refractivity contribution is 5.81. The Balaban J connectivity index is 1.92. The van der Waals surface area contributed by atoms with Crippen LogP contribution in [0.3, 0.4) is 0 Å². The Labute approximate surface area is 158 Å². The number of ether oxygens (including phenoxy) is 3. The van der Waals surface area contributed by atoms with Crippen molar-refractivity contribution in [3.63, 3.8) is 0 Å². The van der Waals surface area contributed by atoms with Gasteiger partial charge in [0.15, 0.2) is 5.75 Å². The van der Waals surface area contributed by atoms with Gasteiger partial charge in [-0.05, 0) is 29.8 Å². The Morgan fingerprint density at radius 3 is 2.21 bits per heavy atom. The molecule has 6 nitrogen and oxygen atoms in total. The minimum absolute atomic E-state index is 0.0292. The van der Waals surface area contributed by atoms with Crippen molar-refractivity contribution in [2.45, 2.75) is 19.8 Å². The third-order valence-corrected chi connectivity index (χ3v) is 3.48. The standard InChI is InChI=1S/C18H18F4N2O4/c1-26-12-4-2-11(3-5-12)9-24-16(25)10-23-14-7-6-13(27-17(19)20)8-15(14)28-18(21)22/h2-8,17-18,23H,9-10H2,1H3,(H,24,25). The molecule has 28 heavy (non-hydrogen) atoms. The Morgan fingerprint density at radius 1 is 0.964 bits per heavy atom. The van der Waals surface area contributed by atoms with Gasteiger partial charge >= 0.3 is 13.2 Å². The van der Waals surface area contributed by atoms with Crippen LogP contribution in [0.2, 0.25) is 0 Å². The van der Waals surface area contributed by atoms with E-state index in [-0.39, 0.29) is 24.5 Å². The summed E-state index contributed by atoms with van der Waals surface area (Å²) in [5, 5.41) is 5.27. The summed E-state index contributed by atoms with van der Waals surface area (Å²) >= 11 is 0. The summed E-state index contributed by atoms with van der Waals surface area (Å²) in [4.78, 5) is 11.9. The van der Waals surface area contributed by atoms with E-state index in [9.17, 15) is 22.4 Å². The Bertz CT molecular complexity index is 773. The molecule has 1 amide bonds. The predicted molar refractivity (Wildman–Crippen MR) is 93.0 cm³/mol. The highest BCUT2D eigenvalue weighted by Crippen LogP contribution is 2.31. The molecule has 0 aliphatic rings. The third-order valence-electron chi connectivity index (χ3n) is 3.48. The van der Waals surface area contributed by atoms with E-state index in [1.165, 1.54) is 6.07 Å². The predicted octanol–water partition coefficient (Wildman–Crippen LogP) is 3.63. The molecule has 0 aliphatic carbocycles. The minimum atomic E-state index is -3.17. The lowest BCUT2D eigenvalue weighted by Gasteiger charge is -2.14. The molecule has 2 rings (SSSR count). The zero-order valence-corrected chi connectivity index (χ0v) is 14.8. The number of carbonyl (C=O) groups excluding carboxylic acids is 1. The van der Waals surface area contributed by atoms with Crippen molar-refractivity contribution in [3.8, 4) is 17.2 Å². The van der Waals surface area contributed by atoms with Gasteiger partial charge in [0.05, 0.1) is 19.3 Å². The number of hydrogen-bond acceptors (Lipinski definition) is 5. The van der Waals surface area contributed by atoms with Gasteiger partial charge in [0.1, 0.15) is 11.5 Å². The van der Waals surface area contributed by atoms with Crippen LogP contribution in [0.15, 0.2) is 42.5 Å². The van der Waals surface area contributed by atoms with Gasteiger partial charge in [0, 0.05) is 12.6 Å². The second-order valence-electron chi connectivity index (χ2n) is 5.39. The highest BCUT2D eigenvalue weighted by Gasteiger charge is 2.14. The van der Waals surface area contributed by atoms with Crippen molar-refractivity contribution in [1.29, 1.82) is 0 Å². The largest absolute Gasteiger partial charge is 0.497 e. The zero-order valence-electron chi connectivity index (χ0n) is 14.8. The number of halogens is 4. The second kappa shape index (κ2) is 10.2. The van der Waals surface area contributed by atoms with E-state index in [0.29, 0.717) is 5.75 Å². The van der Waals surface area contributed by atoms with Crippen molar-refractivity contribution in [2.75, 3.05) is 19.0 Å². The van der Waals surface area contributed by atoms with E-state index in [4.69, 9.17) is 4.74 Å². The Morgan fingerprint density at radius 2 is 1.61 bits per heavy atom. The molecular formula is C18H18F4N2O4. The number of carbonyl (C=O) groups is 1. The first-order valence-electron chi connectivity index (χ1n) is 8.04. The summed E-state index contributed by atoms with van der Waals surface area (Å²) in [6, 6.07) is 10.3. The summed E-state index contributed by atoms with van der Waals surface area (Å²) in [6.07, 6.45) is 0. The van der Waals surface area contributed by atoms with E-state index in [1.807, 2.05) is 0 Å². The topological polar surface area (TPSA) is 68.8 Å². The van der Waals surface area contributed by atoms with Gasteiger partial charge in [-0.2, -0.15) is 17.6 Å². The van der Waals surface area contributed by atoms with E-state index in [2.05, 4.69) is 20.1 Å². The lowest BCUT2D eigenvalue weighted by molar-refractivity contribution is -0.119. The fourth-order valence-electron chi connectivity index (χ4n) is 2.20. The molecule has 0 saturated carbocycles. The average molecular weight is 402 g/mol. The van der Waals surface area contributed by atoms with Gasteiger partial charge in [-0.3, -0.25) is 4.79 Å². The zero-order chi connectivity index (χ0) is 20.5. The first-order valence-corrected chi connectivity index (χ1v) is 8.04. The molecule has 0 spiro atoms. The molecule has 0 fully saturated rings. The van der Waals surface area contributed by atoms with Crippen LogP contribution in [0.4, 0.5) is 23.2 Å². The fraction of sp³-hybridized carbons (Fsp3) is 0.278. The summed E-state index contributed by atoms with van der Waals surface area (Å²) in [6.45, 7) is -6.27. The SMILES string of the molecule is COc1ccc(CNC(=O)CNc2ccc(OC(F)F)cc2OC(F)F)cc1. The number of anilines is 1. The fourth-order valence-corrected chi connectivity index (χ4v) is 2.20. The molecule has 2 aromatic carbocycles. The molecule has 152 valence electrons. The van der Waals surface area contributed by atoms with E-state index >= 15 is 0 Å². The average Bonchev–Trinajstić information content (AvgIpc) is 2.65. The molecule has 0 bridgehead atoms. The molecule has 0 saturated heterocycles. The number of nitrogens with one attached hydrogen (secondary N) is 2. The number of benzene rings is 2. The molecule has 10 heteroatoms. The molecule has 0 unspecified atom stereocenters. The maximum absolute atomic E-state index is 12.5. The van der Waals surface area contributed by atoms with Gasteiger partial charge in [-0.25, -0.2) is 0 Å². The molecule has 0 atom stereocenters. The molecular weight excluding hydrogens is 384 g/mol. The van der Waals surface area contributed by atoms with E-state index in [0.717, 1.165) is 17.7 Å². The summed E-state index contributed by atoms with van der Waals surface area (Å²) in [5.74, 6) is -0.495. The molecule has 2 N–H and O–H groups in total. The van der Waals surface area contributed by atoms with Crippen LogP contribution in [-0.4, -0.2) is 32.8 Å². The number of rotatable bonds is 10. The van der Waals surface area contributed by atoms with Crippen LogP contribution in [0, 0.1) is 0 Å². The smallest absolute Gasteiger partial charge is 0.387 e. The normalized spacial score (nSPS) is 10.7. The first-order chi connectivity index (χ1) is 13.4. The molecule has 2 aromatic rings. The lowest BCUT2D eigenvalue weighted by atomic mass is 10.2. The van der Waals surface area contributed by atoms with Crippen molar-refractivity contribution >= 4 is 11.6 Å². The third kappa shape index (κ3) is 6.86. The van der Waals surface area contributed by atoms with Gasteiger partial charge < -0.3 is 24.8 Å². The van der Waals surface area contributed by atoms with E-state index < -0.39 is 24.9 Å². The van der Waals surface area contributed by atoms with E-state index in [1.54, 1.807) is 31.4 Å². The maximum atomic E-state index is 12.5. The van der Waals surface area contributed by atoms with Crippen LogP contribution in [0.5, 0.6) is 17.2 Å². The number of methoxy groups -OCH3 is 1. The molecule has 0 aliphatic heterocycles. The van der Waals surface area contributed by atoms with Crippen molar-refractivity contribution in [2.24, 2.45) is 0 Å². The molecule has 0 radical (unpaired) electrons. The monoisotopic (exact) mass is 402 g/mol. The maximum Gasteiger partial charge on any atom is 0.387 e. The first kappa shape index (κ1) is 21.1. The van der Waals surface area contributed by atoms with Crippen LogP contribution in [-0.2, 0) is 11.3 Å². The Kier molecular flexibility index (Phi) is 7.73. The van der Waals surface area contributed by atoms with Gasteiger partial charge in [-0.1, -0.05) is 12.1 Å². The van der Waals surface area contributed by atoms with Crippen molar-refractivity contribution in [1.82, 2.24) is 5.32 Å². The van der Waals surface area contributed by atoms with Crippen LogP contribution >= 0.6 is 0 Å². The lowest BCUT2D eigenvalue weighted by Crippen LogP contribution is -2.29. The van der Waals surface area contributed by atoms with Gasteiger partial charge in [-0.15, -0.1) is 0 Å². The summed E-state index contributed by atoms with van der Waals surface area (Å²) < 4.78 is 63.0. The molecule has 0 heterocycles. The minimum Gasteiger partial charge on any atom is -0.497 e. The van der Waals surface area contributed by atoms with Crippen LogP contribution < -0.4 is 24.8 Å². The van der Waals surface area contributed by atoms with Gasteiger partial charge in [0.2, 0.25) is 5.91 Å². The van der Waals surface area contributed by atoms with Crippen molar-refractivity contribution in [3.05, 3.63) is 48.0 Å². The number of amides is 1. The number of hydrogen-bond donors (Lipinski definition) is 2. The van der Waals surface area contributed by atoms with Gasteiger partial charge in [0.25, 0.3) is 0 Å².